The molecule has 0 saturated heterocycles. The van der Waals surface area contributed by atoms with E-state index in [1.807, 2.05) is 47.0 Å². The molecule has 188 valence electrons. The topological polar surface area (TPSA) is 47.2 Å². The van der Waals surface area contributed by atoms with Crippen molar-refractivity contribution < 1.29 is 9.90 Å². The van der Waals surface area contributed by atoms with Crippen molar-refractivity contribution in [1.29, 1.82) is 0 Å². The minimum absolute atomic E-state index is 0.0120. The molecule has 6 aromatic rings. The van der Waals surface area contributed by atoms with Crippen molar-refractivity contribution in [2.45, 2.75) is 32.7 Å². The van der Waals surface area contributed by atoms with Gasteiger partial charge >= 0.3 is 5.97 Å². The second-order valence-corrected chi connectivity index (χ2v) is 10.9. The van der Waals surface area contributed by atoms with Gasteiger partial charge in [-0.2, -0.15) is 0 Å². The fraction of sp³-hybridized carbons (Fsp3) is 0.147. The number of carboxylic acids is 1. The van der Waals surface area contributed by atoms with Crippen molar-refractivity contribution in [1.82, 2.24) is 9.13 Å². The van der Waals surface area contributed by atoms with E-state index in [0.29, 0.717) is 12.2 Å². The van der Waals surface area contributed by atoms with Crippen LogP contribution in [0.3, 0.4) is 0 Å². The summed E-state index contributed by atoms with van der Waals surface area (Å²) < 4.78 is 4.10. The molecule has 4 aromatic carbocycles. The third-order valence-corrected chi connectivity index (χ3v) is 7.35. The monoisotopic (exact) mass is 498 g/mol. The van der Waals surface area contributed by atoms with E-state index in [9.17, 15) is 9.90 Å². The molecular formula is C34H30N2O2. The van der Waals surface area contributed by atoms with Crippen molar-refractivity contribution in [3.63, 3.8) is 0 Å². The minimum atomic E-state index is -0.931. The molecule has 0 fully saturated rings. The van der Waals surface area contributed by atoms with Gasteiger partial charge in [-0.15, -0.1) is 0 Å². The summed E-state index contributed by atoms with van der Waals surface area (Å²) in [6.07, 6.45) is 2.07. The molecule has 6 rings (SSSR count). The second-order valence-electron chi connectivity index (χ2n) is 10.9. The number of fused-ring (bicyclic) bond motifs is 2. The molecule has 0 unspecified atom stereocenters. The number of benzene rings is 4. The lowest BCUT2D eigenvalue weighted by molar-refractivity contribution is 0.0687. The maximum atomic E-state index is 12.9. The Kier molecular flexibility index (Phi) is 5.68. The van der Waals surface area contributed by atoms with Crippen LogP contribution in [0.15, 0.2) is 109 Å². The molecular weight excluding hydrogens is 468 g/mol. The van der Waals surface area contributed by atoms with Crippen LogP contribution in [0.1, 0.15) is 42.4 Å². The van der Waals surface area contributed by atoms with Gasteiger partial charge < -0.3 is 14.2 Å². The van der Waals surface area contributed by atoms with Gasteiger partial charge in [0.1, 0.15) is 5.69 Å². The van der Waals surface area contributed by atoms with Crippen LogP contribution in [0, 0.1) is 0 Å². The Morgan fingerprint density at radius 3 is 2.21 bits per heavy atom. The number of carbonyl (C=O) groups is 1. The highest BCUT2D eigenvalue weighted by Crippen LogP contribution is 2.38. The molecule has 0 radical (unpaired) electrons. The van der Waals surface area contributed by atoms with E-state index in [1.165, 1.54) is 10.9 Å². The summed E-state index contributed by atoms with van der Waals surface area (Å²) in [4.78, 5) is 12.9. The Morgan fingerprint density at radius 2 is 1.50 bits per heavy atom. The third-order valence-electron chi connectivity index (χ3n) is 7.35. The summed E-state index contributed by atoms with van der Waals surface area (Å²) in [7, 11) is 0. The fourth-order valence-corrected chi connectivity index (χ4v) is 5.38. The molecule has 0 aliphatic carbocycles. The Bertz CT molecular complexity index is 1780. The first-order valence-corrected chi connectivity index (χ1v) is 12.9. The highest BCUT2D eigenvalue weighted by molar-refractivity contribution is 6.09. The molecule has 0 saturated carbocycles. The average Bonchev–Trinajstić information content (AvgIpc) is 3.48. The van der Waals surface area contributed by atoms with Crippen LogP contribution < -0.4 is 0 Å². The summed E-state index contributed by atoms with van der Waals surface area (Å²) >= 11 is 0. The lowest BCUT2D eigenvalue weighted by Crippen LogP contribution is -2.11. The van der Waals surface area contributed by atoms with Gasteiger partial charge in [-0.1, -0.05) is 93.6 Å². The number of hydrogen-bond donors (Lipinski definition) is 1. The third kappa shape index (κ3) is 4.08. The summed E-state index contributed by atoms with van der Waals surface area (Å²) in [5.74, 6) is -0.931. The summed E-state index contributed by atoms with van der Waals surface area (Å²) in [5.41, 5.74) is 7.27. The van der Waals surface area contributed by atoms with Crippen LogP contribution in [0.2, 0.25) is 0 Å². The van der Waals surface area contributed by atoms with Gasteiger partial charge in [0.05, 0.1) is 5.52 Å². The molecule has 4 heteroatoms. The quantitative estimate of drug-likeness (QED) is 0.260. The lowest BCUT2D eigenvalue weighted by atomic mass is 9.86. The zero-order chi connectivity index (χ0) is 26.4. The largest absolute Gasteiger partial charge is 0.477 e. The normalized spacial score (nSPS) is 11.9. The van der Waals surface area contributed by atoms with Gasteiger partial charge in [0.2, 0.25) is 0 Å². The molecule has 4 nitrogen and oxygen atoms in total. The number of para-hydroxylation sites is 1. The van der Waals surface area contributed by atoms with Gasteiger partial charge in [0.25, 0.3) is 0 Å². The van der Waals surface area contributed by atoms with E-state index in [2.05, 4.69) is 92.2 Å². The zero-order valence-corrected chi connectivity index (χ0v) is 21.8. The van der Waals surface area contributed by atoms with Crippen LogP contribution in [0.25, 0.3) is 38.6 Å². The SMILES string of the molecule is CC(C)(C)c1ccc(-c2c(C(=O)O)n(Cc3ccccc3)c3ccc(-n4ccc5ccccc54)cc23)cc1. The van der Waals surface area contributed by atoms with Crippen LogP contribution in [0.5, 0.6) is 0 Å². The predicted octanol–water partition coefficient (Wildman–Crippen LogP) is 8.30. The molecule has 38 heavy (non-hydrogen) atoms. The van der Waals surface area contributed by atoms with Crippen LogP contribution in [-0.4, -0.2) is 20.2 Å². The molecule has 0 aliphatic heterocycles. The molecule has 0 amide bonds. The smallest absolute Gasteiger partial charge is 0.353 e. The zero-order valence-electron chi connectivity index (χ0n) is 21.8. The summed E-state index contributed by atoms with van der Waals surface area (Å²) in [6.45, 7) is 7.03. The van der Waals surface area contributed by atoms with Crippen LogP contribution in [0.4, 0.5) is 0 Å². The number of carboxylic acid groups (broad SMARTS) is 1. The van der Waals surface area contributed by atoms with Crippen molar-refractivity contribution in [2.75, 3.05) is 0 Å². The van der Waals surface area contributed by atoms with E-state index in [4.69, 9.17) is 0 Å². The minimum Gasteiger partial charge on any atom is -0.477 e. The highest BCUT2D eigenvalue weighted by atomic mass is 16.4. The molecule has 0 atom stereocenters. The highest BCUT2D eigenvalue weighted by Gasteiger charge is 2.25. The number of nitrogens with zero attached hydrogens (tertiary/aromatic N) is 2. The first-order chi connectivity index (χ1) is 18.3. The van der Waals surface area contributed by atoms with Gasteiger partial charge in [0, 0.05) is 34.9 Å². The first kappa shape index (κ1) is 23.8. The van der Waals surface area contributed by atoms with Crippen molar-refractivity contribution in [3.8, 4) is 16.8 Å². The molecule has 0 spiro atoms. The van der Waals surface area contributed by atoms with Crippen LogP contribution >= 0.6 is 0 Å². The molecule has 0 aliphatic rings. The van der Waals surface area contributed by atoms with Gasteiger partial charge in [-0.05, 0) is 57.8 Å². The average molecular weight is 499 g/mol. The lowest BCUT2D eigenvalue weighted by Gasteiger charge is -2.19. The number of aromatic carboxylic acids is 1. The Labute approximate surface area is 222 Å². The van der Waals surface area contributed by atoms with E-state index >= 15 is 0 Å². The number of hydrogen-bond acceptors (Lipinski definition) is 1. The molecule has 2 aromatic heterocycles. The molecule has 0 bridgehead atoms. The Morgan fingerprint density at radius 1 is 0.789 bits per heavy atom. The Balaban J connectivity index is 1.62. The van der Waals surface area contributed by atoms with Crippen LogP contribution in [-0.2, 0) is 12.0 Å². The maximum Gasteiger partial charge on any atom is 0.353 e. The van der Waals surface area contributed by atoms with Crippen molar-refractivity contribution in [3.05, 3.63) is 126 Å². The summed E-state index contributed by atoms with van der Waals surface area (Å²) in [6, 6.07) is 35.0. The first-order valence-electron chi connectivity index (χ1n) is 12.9. The Hall–Kier alpha value is -4.57. The van der Waals surface area contributed by atoms with Gasteiger partial charge in [0.15, 0.2) is 0 Å². The summed E-state index contributed by atoms with van der Waals surface area (Å²) in [5, 5.41) is 12.6. The van der Waals surface area contributed by atoms with Gasteiger partial charge in [-0.3, -0.25) is 0 Å². The predicted molar refractivity (Wildman–Crippen MR) is 155 cm³/mol. The van der Waals surface area contributed by atoms with E-state index in [0.717, 1.165) is 38.8 Å². The number of rotatable bonds is 5. The van der Waals surface area contributed by atoms with Crippen molar-refractivity contribution >= 4 is 27.8 Å². The van der Waals surface area contributed by atoms with Crippen molar-refractivity contribution in [2.24, 2.45) is 0 Å². The molecule has 2 heterocycles. The number of aromatic nitrogens is 2. The fourth-order valence-electron chi connectivity index (χ4n) is 5.38. The van der Waals surface area contributed by atoms with E-state index < -0.39 is 5.97 Å². The molecule has 1 N–H and O–H groups in total. The second kappa shape index (κ2) is 9.07. The van der Waals surface area contributed by atoms with E-state index in [-0.39, 0.29) is 5.41 Å². The standard InChI is InChI=1S/C34H30N2O2/c1-34(2,3)26-15-13-25(14-16-26)31-28-21-27(35-20-19-24-11-7-8-12-29(24)35)17-18-30(28)36(32(31)33(37)38)22-23-9-5-4-6-10-23/h4-21H,22H2,1-3H3,(H,37,38). The van der Waals surface area contributed by atoms with E-state index in [1.54, 1.807) is 0 Å². The maximum absolute atomic E-state index is 12.9. The van der Waals surface area contributed by atoms with Gasteiger partial charge in [-0.25, -0.2) is 4.79 Å².